The Balaban J connectivity index is 1.92. The number of nitrogens with one attached hydrogen (secondary N) is 2. The predicted octanol–water partition coefficient (Wildman–Crippen LogP) is 2.71. The van der Waals surface area contributed by atoms with Crippen molar-refractivity contribution in [2.24, 2.45) is 0 Å². The van der Waals surface area contributed by atoms with E-state index in [2.05, 4.69) is 20.5 Å². The third kappa shape index (κ3) is 6.00. The molecule has 0 aliphatic rings. The third-order valence-corrected chi connectivity index (χ3v) is 3.62. The summed E-state index contributed by atoms with van der Waals surface area (Å²) in [5.41, 5.74) is 2.58. The van der Waals surface area contributed by atoms with Crippen molar-refractivity contribution in [3.63, 3.8) is 0 Å². The van der Waals surface area contributed by atoms with Crippen LogP contribution < -0.4 is 10.6 Å². The van der Waals surface area contributed by atoms with Crippen LogP contribution in [0.5, 0.6) is 0 Å². The summed E-state index contributed by atoms with van der Waals surface area (Å²) in [5.74, 6) is -0.160. The number of carbonyl (C=O) groups is 2. The van der Waals surface area contributed by atoms with Crippen molar-refractivity contribution in [2.45, 2.75) is 13.3 Å². The number of anilines is 2. The van der Waals surface area contributed by atoms with Gasteiger partial charge in [-0.25, -0.2) is 4.98 Å². The summed E-state index contributed by atoms with van der Waals surface area (Å²) in [7, 11) is 4.00. The molecule has 6 heteroatoms. The molecule has 2 aromatic rings. The predicted molar refractivity (Wildman–Crippen MR) is 99.5 cm³/mol. The van der Waals surface area contributed by atoms with Gasteiger partial charge in [-0.2, -0.15) is 0 Å². The molecule has 0 aliphatic carbocycles. The van der Waals surface area contributed by atoms with Crippen molar-refractivity contribution in [3.8, 4) is 0 Å². The highest BCUT2D eigenvalue weighted by molar-refractivity contribution is 5.95. The van der Waals surface area contributed by atoms with Gasteiger partial charge in [-0.05, 0) is 58.3 Å². The van der Waals surface area contributed by atoms with Crippen LogP contribution in [0.4, 0.5) is 11.4 Å². The van der Waals surface area contributed by atoms with Crippen LogP contribution in [0.1, 0.15) is 34.2 Å². The fourth-order valence-electron chi connectivity index (χ4n) is 2.27. The average Bonchev–Trinajstić information content (AvgIpc) is 2.59. The molecule has 0 atom stereocenters. The molecule has 1 amide bonds. The van der Waals surface area contributed by atoms with Crippen LogP contribution in [0, 0.1) is 0 Å². The molecule has 0 saturated heterocycles. The zero-order valence-electron chi connectivity index (χ0n) is 14.9. The molecular weight excluding hydrogens is 316 g/mol. The molecule has 0 bridgehead atoms. The number of carbonyl (C=O) groups excluding carboxylic acids is 2. The normalized spacial score (nSPS) is 10.6. The van der Waals surface area contributed by atoms with Gasteiger partial charge in [-0.3, -0.25) is 9.59 Å². The van der Waals surface area contributed by atoms with Crippen LogP contribution in [0.2, 0.25) is 0 Å². The van der Waals surface area contributed by atoms with Crippen molar-refractivity contribution in [3.05, 3.63) is 53.9 Å². The number of rotatable bonds is 8. The van der Waals surface area contributed by atoms with Crippen LogP contribution in [0.25, 0.3) is 0 Å². The van der Waals surface area contributed by atoms with Crippen molar-refractivity contribution >= 4 is 23.1 Å². The molecule has 0 aliphatic heterocycles. The van der Waals surface area contributed by atoms with Crippen molar-refractivity contribution in [2.75, 3.05) is 32.5 Å². The Hall–Kier alpha value is -2.73. The maximum atomic E-state index is 12.0. The summed E-state index contributed by atoms with van der Waals surface area (Å²) in [4.78, 5) is 29.7. The SMILES string of the molecule is CC(=O)c1cccc(Nc2ccc(C(=O)NCCCN(C)C)nc2)c1. The van der Waals surface area contributed by atoms with Crippen molar-refractivity contribution in [1.29, 1.82) is 0 Å². The minimum absolute atomic E-state index is 0.0167. The number of hydrogen-bond acceptors (Lipinski definition) is 5. The summed E-state index contributed by atoms with van der Waals surface area (Å²) in [6.07, 6.45) is 2.50. The Morgan fingerprint density at radius 3 is 2.56 bits per heavy atom. The molecule has 0 unspecified atom stereocenters. The smallest absolute Gasteiger partial charge is 0.269 e. The van der Waals surface area contributed by atoms with Gasteiger partial charge in [0, 0.05) is 17.8 Å². The van der Waals surface area contributed by atoms with Crippen molar-refractivity contribution in [1.82, 2.24) is 15.2 Å². The van der Waals surface area contributed by atoms with Gasteiger partial charge in [-0.15, -0.1) is 0 Å². The first-order chi connectivity index (χ1) is 12.0. The average molecular weight is 340 g/mol. The molecule has 2 N–H and O–H groups in total. The van der Waals surface area contributed by atoms with Crippen LogP contribution in [0.15, 0.2) is 42.6 Å². The largest absolute Gasteiger partial charge is 0.354 e. The standard InChI is InChI=1S/C19H24N4O2/c1-14(24)15-6-4-7-16(12-15)22-17-8-9-18(21-13-17)19(25)20-10-5-11-23(2)3/h4,6-9,12-13,22H,5,10-11H2,1-3H3,(H,20,25). The number of amides is 1. The lowest BCUT2D eigenvalue weighted by Crippen LogP contribution is -2.27. The molecule has 132 valence electrons. The number of pyridine rings is 1. The Morgan fingerprint density at radius 2 is 1.92 bits per heavy atom. The van der Waals surface area contributed by atoms with Gasteiger partial charge in [0.1, 0.15) is 5.69 Å². The highest BCUT2D eigenvalue weighted by Crippen LogP contribution is 2.17. The zero-order chi connectivity index (χ0) is 18.2. The van der Waals surface area contributed by atoms with Gasteiger partial charge in [-0.1, -0.05) is 12.1 Å². The molecule has 6 nitrogen and oxygen atoms in total. The van der Waals surface area contributed by atoms with Gasteiger partial charge in [0.2, 0.25) is 0 Å². The second-order valence-corrected chi connectivity index (χ2v) is 6.11. The molecule has 0 fully saturated rings. The van der Waals surface area contributed by atoms with E-state index in [1.54, 1.807) is 30.5 Å². The molecule has 0 radical (unpaired) electrons. The summed E-state index contributed by atoms with van der Waals surface area (Å²) in [6, 6.07) is 10.7. The van der Waals surface area contributed by atoms with Crippen LogP contribution in [-0.4, -0.2) is 48.8 Å². The monoisotopic (exact) mass is 340 g/mol. The summed E-state index contributed by atoms with van der Waals surface area (Å²) >= 11 is 0. The number of benzene rings is 1. The maximum Gasteiger partial charge on any atom is 0.269 e. The van der Waals surface area contributed by atoms with E-state index in [1.165, 1.54) is 6.92 Å². The van der Waals surface area contributed by atoms with Crippen LogP contribution in [0.3, 0.4) is 0 Å². The van der Waals surface area contributed by atoms with E-state index in [0.29, 0.717) is 17.8 Å². The molecular formula is C19H24N4O2. The molecule has 1 aromatic carbocycles. The molecule has 2 rings (SSSR count). The Kier molecular flexibility index (Phi) is 6.65. The quantitative estimate of drug-likeness (QED) is 0.571. The summed E-state index contributed by atoms with van der Waals surface area (Å²) < 4.78 is 0. The number of hydrogen-bond donors (Lipinski definition) is 2. The second kappa shape index (κ2) is 8.94. The van der Waals surface area contributed by atoms with E-state index < -0.39 is 0 Å². The van der Waals surface area contributed by atoms with Gasteiger partial charge in [0.05, 0.1) is 11.9 Å². The second-order valence-electron chi connectivity index (χ2n) is 6.11. The minimum Gasteiger partial charge on any atom is -0.354 e. The lowest BCUT2D eigenvalue weighted by molar-refractivity contribution is 0.0946. The van der Waals surface area contributed by atoms with E-state index in [4.69, 9.17) is 0 Å². The van der Waals surface area contributed by atoms with Crippen LogP contribution in [-0.2, 0) is 0 Å². The minimum atomic E-state index is -0.177. The fraction of sp³-hybridized carbons (Fsp3) is 0.316. The Labute approximate surface area is 148 Å². The van der Waals surface area contributed by atoms with Gasteiger partial charge < -0.3 is 15.5 Å². The van der Waals surface area contributed by atoms with Crippen molar-refractivity contribution < 1.29 is 9.59 Å². The number of aromatic nitrogens is 1. The highest BCUT2D eigenvalue weighted by Gasteiger charge is 2.07. The first-order valence-electron chi connectivity index (χ1n) is 8.22. The van der Waals surface area contributed by atoms with Gasteiger partial charge >= 0.3 is 0 Å². The molecule has 0 saturated carbocycles. The number of Topliss-reactive ketones (excluding diaryl/α,β-unsaturated/α-hetero) is 1. The Bertz CT molecular complexity index is 726. The first-order valence-corrected chi connectivity index (χ1v) is 8.22. The Morgan fingerprint density at radius 1 is 1.12 bits per heavy atom. The maximum absolute atomic E-state index is 12.0. The third-order valence-electron chi connectivity index (χ3n) is 3.62. The lowest BCUT2D eigenvalue weighted by atomic mass is 10.1. The zero-order valence-corrected chi connectivity index (χ0v) is 14.9. The molecule has 25 heavy (non-hydrogen) atoms. The highest BCUT2D eigenvalue weighted by atomic mass is 16.1. The van der Waals surface area contributed by atoms with Gasteiger partial charge in [0.25, 0.3) is 5.91 Å². The van der Waals surface area contributed by atoms with E-state index in [-0.39, 0.29) is 11.7 Å². The van der Waals surface area contributed by atoms with Crippen LogP contribution >= 0.6 is 0 Å². The molecule has 1 aromatic heterocycles. The molecule has 1 heterocycles. The topological polar surface area (TPSA) is 74.3 Å². The number of ketones is 1. The van der Waals surface area contributed by atoms with Gasteiger partial charge in [0.15, 0.2) is 5.78 Å². The first kappa shape index (κ1) is 18.6. The number of nitrogens with zero attached hydrogens (tertiary/aromatic N) is 2. The van der Waals surface area contributed by atoms with E-state index in [9.17, 15) is 9.59 Å². The molecule has 0 spiro atoms. The summed E-state index contributed by atoms with van der Waals surface area (Å²) in [5, 5.41) is 6.04. The van der Waals surface area contributed by atoms with E-state index in [0.717, 1.165) is 24.3 Å². The fourth-order valence-corrected chi connectivity index (χ4v) is 2.27. The van der Waals surface area contributed by atoms with E-state index in [1.807, 2.05) is 26.2 Å². The summed E-state index contributed by atoms with van der Waals surface area (Å²) in [6.45, 7) is 3.08. The lowest BCUT2D eigenvalue weighted by Gasteiger charge is -2.10. The van der Waals surface area contributed by atoms with E-state index >= 15 is 0 Å².